The number of hydrogen-bond acceptors (Lipinski definition) is 1. The molecule has 0 aliphatic heterocycles. The fourth-order valence-electron chi connectivity index (χ4n) is 6.70. The Bertz CT molecular complexity index is 2480. The highest BCUT2D eigenvalue weighted by Gasteiger charge is 2.16. The maximum absolute atomic E-state index is 6.16. The molecule has 9 rings (SSSR count). The summed E-state index contributed by atoms with van der Waals surface area (Å²) in [6, 6.07) is 58.5. The average Bonchev–Trinajstić information content (AvgIpc) is 3.64. The van der Waals surface area contributed by atoms with Gasteiger partial charge in [0.25, 0.3) is 0 Å². The molecule has 0 spiro atoms. The van der Waals surface area contributed by atoms with Crippen molar-refractivity contribution in [1.29, 1.82) is 0 Å². The highest BCUT2D eigenvalue weighted by molar-refractivity contribution is 6.11. The van der Waals surface area contributed by atoms with Gasteiger partial charge in [-0.15, -0.1) is 0 Å². The van der Waals surface area contributed by atoms with Gasteiger partial charge in [-0.25, -0.2) is 0 Å². The first kappa shape index (κ1) is 24.7. The zero-order valence-electron chi connectivity index (χ0n) is 23.9. The van der Waals surface area contributed by atoms with Crippen LogP contribution < -0.4 is 0 Å². The van der Waals surface area contributed by atoms with Gasteiger partial charge in [0.2, 0.25) is 0 Å². The van der Waals surface area contributed by atoms with Crippen molar-refractivity contribution < 1.29 is 4.42 Å². The SMILES string of the molecule is c1ccc(-c2ccc3c(c2)c2ccccc2n3-c2ccccc2-c2ccc(-c3ccc4c(c3)oc3ccccc34)cc2)cc1. The number of fused-ring (bicyclic) bond motifs is 6. The third-order valence-electron chi connectivity index (χ3n) is 8.83. The molecule has 0 aliphatic carbocycles. The monoisotopic (exact) mass is 561 g/mol. The molecule has 2 heterocycles. The van der Waals surface area contributed by atoms with E-state index in [1.54, 1.807) is 0 Å². The van der Waals surface area contributed by atoms with Crippen LogP contribution in [0.25, 0.3) is 82.8 Å². The first-order chi connectivity index (χ1) is 21.8. The Hall–Kier alpha value is -5.86. The van der Waals surface area contributed by atoms with Crippen molar-refractivity contribution in [3.63, 3.8) is 0 Å². The van der Waals surface area contributed by atoms with Crippen LogP contribution in [0.5, 0.6) is 0 Å². The van der Waals surface area contributed by atoms with Gasteiger partial charge < -0.3 is 8.98 Å². The van der Waals surface area contributed by atoms with Crippen molar-refractivity contribution in [2.45, 2.75) is 0 Å². The van der Waals surface area contributed by atoms with Gasteiger partial charge in [0.15, 0.2) is 0 Å². The van der Waals surface area contributed by atoms with Gasteiger partial charge in [-0.3, -0.25) is 0 Å². The van der Waals surface area contributed by atoms with Crippen molar-refractivity contribution in [3.05, 3.63) is 164 Å². The standard InChI is InChI=1S/C42H27NO/c1-2-10-28(11-3-1)31-23-25-40-37(26-31)34-13-5-8-16-39(34)43(40)38-15-7-4-12-33(38)30-20-18-29(19-21-30)32-22-24-36-35-14-6-9-17-41(35)44-42(36)27-32/h1-27H. The van der Waals surface area contributed by atoms with Crippen LogP contribution in [0.2, 0.25) is 0 Å². The third kappa shape index (κ3) is 3.89. The first-order valence-electron chi connectivity index (χ1n) is 15.0. The molecular formula is C42H27NO. The smallest absolute Gasteiger partial charge is 0.136 e. The molecule has 0 aliphatic rings. The minimum Gasteiger partial charge on any atom is -0.456 e. The van der Waals surface area contributed by atoms with Crippen LogP contribution in [0.15, 0.2) is 168 Å². The van der Waals surface area contributed by atoms with Crippen molar-refractivity contribution >= 4 is 43.7 Å². The van der Waals surface area contributed by atoms with Gasteiger partial charge in [-0.05, 0) is 70.3 Å². The second kappa shape index (κ2) is 9.86. The highest BCUT2D eigenvalue weighted by atomic mass is 16.3. The Morgan fingerprint density at radius 1 is 0.341 bits per heavy atom. The van der Waals surface area contributed by atoms with Crippen LogP contribution in [-0.4, -0.2) is 4.57 Å². The highest BCUT2D eigenvalue weighted by Crippen LogP contribution is 2.39. The van der Waals surface area contributed by atoms with Crippen molar-refractivity contribution in [3.8, 4) is 39.1 Å². The zero-order chi connectivity index (χ0) is 29.0. The van der Waals surface area contributed by atoms with E-state index >= 15 is 0 Å². The van der Waals surface area contributed by atoms with E-state index < -0.39 is 0 Å². The van der Waals surface area contributed by atoms with Crippen molar-refractivity contribution in [1.82, 2.24) is 4.57 Å². The lowest BCUT2D eigenvalue weighted by atomic mass is 9.98. The fourth-order valence-corrected chi connectivity index (χ4v) is 6.70. The molecule has 0 amide bonds. The van der Waals surface area contributed by atoms with E-state index in [2.05, 4.69) is 156 Å². The van der Waals surface area contributed by atoms with Crippen molar-refractivity contribution in [2.75, 3.05) is 0 Å². The molecule has 0 unspecified atom stereocenters. The summed E-state index contributed by atoms with van der Waals surface area (Å²) in [7, 11) is 0. The molecule has 0 saturated carbocycles. The van der Waals surface area contributed by atoms with Gasteiger partial charge >= 0.3 is 0 Å². The second-order valence-corrected chi connectivity index (χ2v) is 11.4. The van der Waals surface area contributed by atoms with Gasteiger partial charge in [0, 0.05) is 27.1 Å². The minimum atomic E-state index is 0.917. The number of benzene rings is 7. The number of rotatable bonds is 4. The normalized spacial score (nSPS) is 11.6. The summed E-state index contributed by atoms with van der Waals surface area (Å²) in [5, 5.41) is 4.82. The summed E-state index contributed by atoms with van der Waals surface area (Å²) >= 11 is 0. The van der Waals surface area contributed by atoms with Gasteiger partial charge in [0.05, 0.1) is 16.7 Å². The summed E-state index contributed by atoms with van der Waals surface area (Å²) in [6.07, 6.45) is 0. The van der Waals surface area contributed by atoms with E-state index in [-0.39, 0.29) is 0 Å². The molecule has 0 saturated heterocycles. The molecule has 44 heavy (non-hydrogen) atoms. The van der Waals surface area contributed by atoms with Crippen LogP contribution in [-0.2, 0) is 0 Å². The summed E-state index contributed by atoms with van der Waals surface area (Å²) < 4.78 is 8.58. The number of aromatic nitrogens is 1. The van der Waals surface area contributed by atoms with Gasteiger partial charge in [-0.1, -0.05) is 121 Å². The van der Waals surface area contributed by atoms with Gasteiger partial charge in [-0.2, -0.15) is 0 Å². The van der Waals surface area contributed by atoms with E-state index in [0.717, 1.165) is 27.5 Å². The summed E-state index contributed by atoms with van der Waals surface area (Å²) in [5.41, 5.74) is 12.6. The van der Waals surface area contributed by atoms with Crippen LogP contribution in [0, 0.1) is 0 Å². The van der Waals surface area contributed by atoms with E-state index in [1.165, 1.54) is 55.3 Å². The topological polar surface area (TPSA) is 18.1 Å². The van der Waals surface area contributed by atoms with E-state index in [1.807, 2.05) is 12.1 Å². The summed E-state index contributed by atoms with van der Waals surface area (Å²) in [6.45, 7) is 0. The molecule has 0 fully saturated rings. The summed E-state index contributed by atoms with van der Waals surface area (Å²) in [4.78, 5) is 0. The lowest BCUT2D eigenvalue weighted by Gasteiger charge is -2.14. The molecule has 2 aromatic heterocycles. The van der Waals surface area contributed by atoms with Crippen molar-refractivity contribution in [2.24, 2.45) is 0 Å². The molecule has 2 heteroatoms. The van der Waals surface area contributed by atoms with Crippen LogP contribution in [0.4, 0.5) is 0 Å². The largest absolute Gasteiger partial charge is 0.456 e. The molecule has 0 radical (unpaired) electrons. The molecule has 0 atom stereocenters. The molecule has 7 aromatic carbocycles. The summed E-state index contributed by atoms with van der Waals surface area (Å²) in [5.74, 6) is 0. The molecular weight excluding hydrogens is 534 g/mol. The van der Waals surface area contributed by atoms with E-state index in [9.17, 15) is 0 Å². The maximum Gasteiger partial charge on any atom is 0.136 e. The zero-order valence-corrected chi connectivity index (χ0v) is 23.9. The first-order valence-corrected chi connectivity index (χ1v) is 15.0. The Labute approximate surface area is 255 Å². The predicted molar refractivity (Wildman–Crippen MR) is 184 cm³/mol. The van der Waals surface area contributed by atoms with E-state index in [0.29, 0.717) is 0 Å². The number of nitrogens with zero attached hydrogens (tertiary/aromatic N) is 1. The number of furan rings is 1. The Morgan fingerprint density at radius 2 is 0.932 bits per heavy atom. The minimum absolute atomic E-state index is 0.917. The van der Waals surface area contributed by atoms with Crippen LogP contribution in [0.3, 0.4) is 0 Å². The molecule has 0 N–H and O–H groups in total. The molecule has 9 aromatic rings. The van der Waals surface area contributed by atoms with Gasteiger partial charge in [0.1, 0.15) is 11.2 Å². The third-order valence-corrected chi connectivity index (χ3v) is 8.83. The molecule has 206 valence electrons. The quantitative estimate of drug-likeness (QED) is 0.209. The predicted octanol–water partition coefficient (Wildman–Crippen LogP) is 11.7. The van der Waals surface area contributed by atoms with Crippen LogP contribution >= 0.6 is 0 Å². The Morgan fingerprint density at radius 3 is 1.82 bits per heavy atom. The second-order valence-electron chi connectivity index (χ2n) is 11.4. The van der Waals surface area contributed by atoms with E-state index in [4.69, 9.17) is 4.42 Å². The lowest BCUT2D eigenvalue weighted by molar-refractivity contribution is 0.669. The molecule has 2 nitrogen and oxygen atoms in total. The average molecular weight is 562 g/mol. The number of para-hydroxylation sites is 3. The molecule has 0 bridgehead atoms. The Balaban J connectivity index is 1.15. The number of hydrogen-bond donors (Lipinski definition) is 0. The van der Waals surface area contributed by atoms with Crippen LogP contribution in [0.1, 0.15) is 0 Å². The lowest BCUT2D eigenvalue weighted by Crippen LogP contribution is -1.97. The Kier molecular flexibility index (Phi) is 5.54. The fraction of sp³-hybridized carbons (Fsp3) is 0. The maximum atomic E-state index is 6.16.